The molecule has 0 saturated carbocycles. The molecule has 1 aliphatic rings. The van der Waals surface area contributed by atoms with Crippen LogP contribution < -0.4 is 0 Å². The molecule has 1 aromatic carbocycles. The van der Waals surface area contributed by atoms with Gasteiger partial charge in [-0.2, -0.15) is 13.2 Å². The van der Waals surface area contributed by atoms with Gasteiger partial charge in [0.05, 0.1) is 18.7 Å². The van der Waals surface area contributed by atoms with E-state index in [-0.39, 0.29) is 35.6 Å². The predicted octanol–water partition coefficient (Wildman–Crippen LogP) is 3.68. The molecule has 2 heterocycles. The summed E-state index contributed by atoms with van der Waals surface area (Å²) in [6.45, 7) is 1.11. The second-order valence-electron chi connectivity index (χ2n) is 6.12. The summed E-state index contributed by atoms with van der Waals surface area (Å²) in [5.74, 6) is 0.00624. The predicted molar refractivity (Wildman–Crippen MR) is 92.8 cm³/mol. The maximum atomic E-state index is 13.2. The van der Waals surface area contributed by atoms with E-state index in [1.807, 2.05) is 0 Å². The second kappa shape index (κ2) is 8.68. The molecule has 1 N–H and O–H groups in total. The van der Waals surface area contributed by atoms with Gasteiger partial charge in [0.25, 0.3) is 0 Å². The number of nitrogens with zero attached hydrogens (tertiary/aromatic N) is 3. The van der Waals surface area contributed by atoms with Crippen LogP contribution in [0.5, 0.6) is 0 Å². The fraction of sp³-hybridized carbons (Fsp3) is 0.529. The van der Waals surface area contributed by atoms with Gasteiger partial charge in [0.15, 0.2) is 12.1 Å². The number of alkyl halides is 3. The van der Waals surface area contributed by atoms with Gasteiger partial charge in [-0.3, -0.25) is 0 Å². The van der Waals surface area contributed by atoms with Gasteiger partial charge in [0, 0.05) is 12.2 Å². The van der Waals surface area contributed by atoms with E-state index in [4.69, 9.17) is 9.47 Å². The number of aliphatic hydroxyl groups excluding tert-OH is 1. The number of hydrogen-bond acceptors (Lipinski definition) is 5. The summed E-state index contributed by atoms with van der Waals surface area (Å²) in [4.78, 5) is 4.04. The van der Waals surface area contributed by atoms with E-state index >= 15 is 0 Å². The van der Waals surface area contributed by atoms with Gasteiger partial charge in [-0.1, -0.05) is 18.2 Å². The third-order valence-corrected chi connectivity index (χ3v) is 4.56. The largest absolute Gasteiger partial charge is 0.416 e. The van der Waals surface area contributed by atoms with Crippen molar-refractivity contribution in [1.29, 1.82) is 0 Å². The van der Waals surface area contributed by atoms with Crippen LogP contribution >= 0.6 is 15.9 Å². The summed E-state index contributed by atoms with van der Waals surface area (Å²) >= 11 is 3.11. The van der Waals surface area contributed by atoms with E-state index < -0.39 is 17.8 Å². The molecule has 10 heteroatoms. The molecule has 3 rings (SSSR count). The van der Waals surface area contributed by atoms with E-state index in [1.165, 1.54) is 22.9 Å². The molecule has 1 aromatic heterocycles. The third-order valence-electron chi connectivity index (χ3n) is 4.22. The highest BCUT2D eigenvalue weighted by Gasteiger charge is 2.36. The molecule has 0 amide bonds. The molecule has 0 spiro atoms. The van der Waals surface area contributed by atoms with E-state index in [0.717, 1.165) is 25.3 Å². The minimum absolute atomic E-state index is 0.00624. The van der Waals surface area contributed by atoms with Gasteiger partial charge < -0.3 is 14.6 Å². The topological polar surface area (TPSA) is 69.4 Å². The monoisotopic (exact) mass is 449 g/mol. The second-order valence-corrected chi connectivity index (χ2v) is 6.83. The Morgan fingerprint density at radius 3 is 2.81 bits per heavy atom. The fourth-order valence-electron chi connectivity index (χ4n) is 2.94. The highest BCUT2D eigenvalue weighted by atomic mass is 79.9. The lowest BCUT2D eigenvalue weighted by Gasteiger charge is -2.23. The van der Waals surface area contributed by atoms with Gasteiger partial charge in [0.1, 0.15) is 6.10 Å². The molecular weight excluding hydrogens is 431 g/mol. The third kappa shape index (κ3) is 5.07. The first-order valence-electron chi connectivity index (χ1n) is 8.54. The molecule has 1 fully saturated rings. The zero-order valence-electron chi connectivity index (χ0n) is 14.3. The molecule has 1 aliphatic heterocycles. The van der Waals surface area contributed by atoms with Gasteiger partial charge >= 0.3 is 6.18 Å². The fourth-order valence-corrected chi connectivity index (χ4v) is 3.31. The first kappa shape index (κ1) is 20.2. The van der Waals surface area contributed by atoms with Crippen molar-refractivity contribution in [2.45, 2.75) is 44.4 Å². The average molecular weight is 450 g/mol. The molecule has 27 heavy (non-hydrogen) atoms. The SMILES string of the molecule is OC(c1ccccc1C(F)(F)F)c1nc(Br)nn1CCOC1CCCCO1. The number of rotatable bonds is 6. The summed E-state index contributed by atoms with van der Waals surface area (Å²) in [5.41, 5.74) is -1.18. The summed E-state index contributed by atoms with van der Waals surface area (Å²) in [5, 5.41) is 14.7. The van der Waals surface area contributed by atoms with Crippen LogP contribution in [0.2, 0.25) is 0 Å². The lowest BCUT2D eigenvalue weighted by molar-refractivity contribution is -0.164. The number of ether oxygens (including phenoxy) is 2. The molecular formula is C17H19BrF3N3O3. The van der Waals surface area contributed by atoms with Gasteiger partial charge in [0.2, 0.25) is 4.73 Å². The molecule has 0 bridgehead atoms. The van der Waals surface area contributed by atoms with Crippen LogP contribution in [0.25, 0.3) is 0 Å². The Kier molecular flexibility index (Phi) is 6.51. The molecule has 2 aromatic rings. The zero-order valence-corrected chi connectivity index (χ0v) is 15.9. The van der Waals surface area contributed by atoms with E-state index in [1.54, 1.807) is 0 Å². The number of hydrogen-bond donors (Lipinski definition) is 1. The maximum Gasteiger partial charge on any atom is 0.416 e. The van der Waals surface area contributed by atoms with Crippen LogP contribution in [0, 0.1) is 0 Å². The Morgan fingerprint density at radius 1 is 1.33 bits per heavy atom. The van der Waals surface area contributed by atoms with E-state index in [9.17, 15) is 18.3 Å². The van der Waals surface area contributed by atoms with Crippen molar-refractivity contribution < 1.29 is 27.8 Å². The number of aromatic nitrogens is 3. The zero-order chi connectivity index (χ0) is 19.4. The van der Waals surface area contributed by atoms with Crippen molar-refractivity contribution in [3.63, 3.8) is 0 Å². The molecule has 0 radical (unpaired) electrons. The van der Waals surface area contributed by atoms with Crippen molar-refractivity contribution in [2.75, 3.05) is 13.2 Å². The lowest BCUT2D eigenvalue weighted by atomic mass is 10.0. The number of halogens is 4. The Balaban J connectivity index is 1.75. The lowest BCUT2D eigenvalue weighted by Crippen LogP contribution is -2.25. The van der Waals surface area contributed by atoms with Gasteiger partial charge in [-0.05, 0) is 41.3 Å². The quantitative estimate of drug-likeness (QED) is 0.728. The molecule has 1 saturated heterocycles. The maximum absolute atomic E-state index is 13.2. The van der Waals surface area contributed by atoms with Crippen molar-refractivity contribution in [3.8, 4) is 0 Å². The first-order valence-corrected chi connectivity index (χ1v) is 9.33. The first-order chi connectivity index (χ1) is 12.9. The highest BCUT2D eigenvalue weighted by molar-refractivity contribution is 9.10. The highest BCUT2D eigenvalue weighted by Crippen LogP contribution is 2.36. The molecule has 0 aliphatic carbocycles. The van der Waals surface area contributed by atoms with Crippen LogP contribution in [0.4, 0.5) is 13.2 Å². The average Bonchev–Trinajstić information content (AvgIpc) is 3.02. The van der Waals surface area contributed by atoms with Crippen LogP contribution in [0.1, 0.15) is 42.3 Å². The minimum Gasteiger partial charge on any atom is -0.380 e. The standard InChI is InChI=1S/C17H19BrF3N3O3/c18-16-22-15(14(25)11-5-1-2-6-12(11)17(19,20)21)24(23-16)8-10-27-13-7-3-4-9-26-13/h1-2,5-6,13-14,25H,3-4,7-10H2. The van der Waals surface area contributed by atoms with Crippen LogP contribution in [0.15, 0.2) is 29.0 Å². The number of benzene rings is 1. The van der Waals surface area contributed by atoms with Crippen molar-refractivity contribution in [2.24, 2.45) is 0 Å². The van der Waals surface area contributed by atoms with Gasteiger partial charge in [-0.25, -0.2) is 9.67 Å². The van der Waals surface area contributed by atoms with E-state index in [2.05, 4.69) is 26.0 Å². The Bertz CT molecular complexity index is 763. The van der Waals surface area contributed by atoms with Crippen LogP contribution in [0.3, 0.4) is 0 Å². The van der Waals surface area contributed by atoms with Crippen molar-refractivity contribution in [1.82, 2.24) is 14.8 Å². The normalized spacial score (nSPS) is 19.2. The molecule has 6 nitrogen and oxygen atoms in total. The summed E-state index contributed by atoms with van der Waals surface area (Å²) in [6.07, 6.45) is -3.61. The molecule has 148 valence electrons. The Hall–Kier alpha value is -1.49. The van der Waals surface area contributed by atoms with Crippen molar-refractivity contribution >= 4 is 15.9 Å². The van der Waals surface area contributed by atoms with Crippen LogP contribution in [-0.4, -0.2) is 39.4 Å². The van der Waals surface area contributed by atoms with Crippen molar-refractivity contribution in [3.05, 3.63) is 46.0 Å². The Morgan fingerprint density at radius 2 is 2.11 bits per heavy atom. The molecule has 2 atom stereocenters. The van der Waals surface area contributed by atoms with E-state index in [0.29, 0.717) is 6.61 Å². The minimum atomic E-state index is -4.58. The summed E-state index contributed by atoms with van der Waals surface area (Å²) in [6, 6.07) is 4.87. The summed E-state index contributed by atoms with van der Waals surface area (Å²) < 4.78 is 52.3. The molecule has 2 unspecified atom stereocenters. The smallest absolute Gasteiger partial charge is 0.380 e. The van der Waals surface area contributed by atoms with Crippen LogP contribution in [-0.2, 0) is 22.2 Å². The number of aliphatic hydroxyl groups is 1. The Labute approximate surface area is 162 Å². The summed E-state index contributed by atoms with van der Waals surface area (Å²) in [7, 11) is 0. The van der Waals surface area contributed by atoms with Gasteiger partial charge in [-0.15, -0.1) is 5.10 Å².